The van der Waals surface area contributed by atoms with E-state index in [0.29, 0.717) is 17.2 Å². The topological polar surface area (TPSA) is 62.6 Å². The van der Waals surface area contributed by atoms with Crippen molar-refractivity contribution in [2.75, 3.05) is 0 Å². The second-order valence-corrected chi connectivity index (χ2v) is 11.5. The smallest absolute Gasteiger partial charge is 0.275 e. The van der Waals surface area contributed by atoms with E-state index in [0.717, 1.165) is 54.2 Å². The molecule has 5 rings (SSSR count). The summed E-state index contributed by atoms with van der Waals surface area (Å²) in [6.45, 7) is 9.01. The molecule has 0 radical (unpaired) electrons. The van der Waals surface area contributed by atoms with Gasteiger partial charge in [-0.3, -0.25) is 19.6 Å². The van der Waals surface area contributed by atoms with Crippen molar-refractivity contribution in [1.29, 1.82) is 0 Å². The first-order valence-corrected chi connectivity index (χ1v) is 13.2. The quantitative estimate of drug-likeness (QED) is 0.364. The second kappa shape index (κ2) is 9.70. The summed E-state index contributed by atoms with van der Waals surface area (Å²) in [6.07, 6.45) is 8.19. The minimum Gasteiger partial charge on any atom is -0.306 e. The Hall–Kier alpha value is -3.60. The van der Waals surface area contributed by atoms with Gasteiger partial charge >= 0.3 is 0 Å². The van der Waals surface area contributed by atoms with E-state index >= 15 is 0 Å². The summed E-state index contributed by atoms with van der Waals surface area (Å²) in [4.78, 5) is 36.8. The largest absolute Gasteiger partial charge is 0.306 e. The lowest BCUT2D eigenvalue weighted by Crippen LogP contribution is -2.50. The molecule has 1 unspecified atom stereocenters. The first kappa shape index (κ1) is 25.1. The van der Waals surface area contributed by atoms with Gasteiger partial charge in [-0.25, -0.2) is 0 Å². The Bertz CT molecular complexity index is 1310. The van der Waals surface area contributed by atoms with Crippen molar-refractivity contribution in [2.45, 2.75) is 65.1 Å². The molecule has 1 spiro atoms. The number of hydrogen-bond acceptors (Lipinski definition) is 4. The summed E-state index contributed by atoms with van der Waals surface area (Å²) >= 11 is 0. The van der Waals surface area contributed by atoms with Gasteiger partial charge in [-0.15, -0.1) is 0 Å². The van der Waals surface area contributed by atoms with Crippen LogP contribution in [0.5, 0.6) is 0 Å². The lowest BCUT2D eigenvalue weighted by atomic mass is 9.69. The van der Waals surface area contributed by atoms with E-state index in [-0.39, 0.29) is 17.4 Å². The van der Waals surface area contributed by atoms with Crippen LogP contribution in [0.1, 0.15) is 80.9 Å². The molecular formula is C32H35N3O2. The summed E-state index contributed by atoms with van der Waals surface area (Å²) < 4.78 is 0. The number of pyridine rings is 1. The fourth-order valence-corrected chi connectivity index (χ4v) is 6.03. The maximum Gasteiger partial charge on any atom is 0.275 e. The van der Waals surface area contributed by atoms with Crippen LogP contribution < -0.4 is 0 Å². The van der Waals surface area contributed by atoms with Crippen LogP contribution in [-0.4, -0.2) is 33.5 Å². The van der Waals surface area contributed by atoms with E-state index in [2.05, 4.69) is 44.8 Å². The Balaban J connectivity index is 1.54. The molecule has 5 heteroatoms. The predicted octanol–water partition coefficient (Wildman–Crippen LogP) is 6.89. The van der Waals surface area contributed by atoms with Gasteiger partial charge in [0.15, 0.2) is 0 Å². The number of carbonyl (C=O) groups is 2. The number of amides is 1. The predicted molar refractivity (Wildman–Crippen MR) is 147 cm³/mol. The summed E-state index contributed by atoms with van der Waals surface area (Å²) in [5, 5.41) is 0. The van der Waals surface area contributed by atoms with Gasteiger partial charge in [-0.2, -0.15) is 0 Å². The SMILES string of the molecule is CC(c1ccc(C=O)cc1)N1C(=O)C(c2cccc(-c3ccncc3)c2)=NC12CCC(C(C)(C)C)CC2. The minimum absolute atomic E-state index is 0.0203. The first-order valence-electron chi connectivity index (χ1n) is 13.2. The van der Waals surface area contributed by atoms with Gasteiger partial charge in [-0.05, 0) is 78.8 Å². The van der Waals surface area contributed by atoms with Crippen LogP contribution >= 0.6 is 0 Å². The maximum absolute atomic E-state index is 14.2. The third-order valence-electron chi connectivity index (χ3n) is 8.29. The van der Waals surface area contributed by atoms with Gasteiger partial charge in [0.1, 0.15) is 17.7 Å². The number of hydrogen-bond donors (Lipinski definition) is 0. The molecule has 1 fully saturated rings. The molecule has 3 aromatic rings. The zero-order valence-corrected chi connectivity index (χ0v) is 22.1. The molecule has 1 aliphatic carbocycles. The van der Waals surface area contributed by atoms with Crippen molar-refractivity contribution in [1.82, 2.24) is 9.88 Å². The van der Waals surface area contributed by atoms with Gasteiger partial charge in [0.05, 0.1) is 6.04 Å². The third-order valence-corrected chi connectivity index (χ3v) is 8.29. The Morgan fingerprint density at radius 1 is 0.946 bits per heavy atom. The lowest BCUT2D eigenvalue weighted by molar-refractivity contribution is -0.132. The van der Waals surface area contributed by atoms with Crippen molar-refractivity contribution in [2.24, 2.45) is 16.3 Å². The van der Waals surface area contributed by atoms with Gasteiger partial charge < -0.3 is 4.90 Å². The molecule has 1 aliphatic heterocycles. The Labute approximate surface area is 219 Å². The van der Waals surface area contributed by atoms with Crippen LogP contribution in [0.15, 0.2) is 78.0 Å². The summed E-state index contributed by atoms with van der Waals surface area (Å²) in [5.41, 5.74) is 4.82. The number of benzene rings is 2. The molecule has 1 atom stereocenters. The average Bonchev–Trinajstić information content (AvgIpc) is 3.19. The molecule has 1 saturated carbocycles. The molecule has 5 nitrogen and oxygen atoms in total. The molecule has 0 saturated heterocycles. The fourth-order valence-electron chi connectivity index (χ4n) is 6.03. The Kier molecular flexibility index (Phi) is 6.57. The zero-order chi connectivity index (χ0) is 26.2. The zero-order valence-electron chi connectivity index (χ0n) is 22.1. The van der Waals surface area contributed by atoms with Crippen LogP contribution in [-0.2, 0) is 4.79 Å². The Morgan fingerprint density at radius 3 is 2.22 bits per heavy atom. The van der Waals surface area contributed by atoms with Gasteiger partial charge in [0, 0.05) is 23.5 Å². The summed E-state index contributed by atoms with van der Waals surface area (Å²) in [6, 6.07) is 19.4. The van der Waals surface area contributed by atoms with E-state index in [4.69, 9.17) is 4.99 Å². The highest BCUT2D eigenvalue weighted by Crippen LogP contribution is 2.49. The van der Waals surface area contributed by atoms with Crippen molar-refractivity contribution < 1.29 is 9.59 Å². The third kappa shape index (κ3) is 4.75. The monoisotopic (exact) mass is 493 g/mol. The standard InChI is InChI=1S/C32H35N3O2/c1-22(24-10-8-23(21-36)9-11-24)35-30(37)29(34-32(35)16-12-28(13-17-32)31(2,3)4)27-7-5-6-26(20-27)25-14-18-33-19-15-25/h5-11,14-15,18-22,28H,12-13,16-17H2,1-4H3. The normalized spacial score (nSPS) is 22.7. The number of nitrogens with zero attached hydrogens (tertiary/aromatic N) is 3. The first-order chi connectivity index (χ1) is 17.7. The van der Waals surface area contributed by atoms with E-state index in [9.17, 15) is 9.59 Å². The number of aliphatic imine (C=N–C) groups is 1. The van der Waals surface area contributed by atoms with Gasteiger partial charge in [-0.1, -0.05) is 63.2 Å². The van der Waals surface area contributed by atoms with Crippen molar-refractivity contribution in [3.05, 3.63) is 89.7 Å². The fraction of sp³-hybridized carbons (Fsp3) is 0.375. The number of rotatable bonds is 5. The highest BCUT2D eigenvalue weighted by Gasteiger charge is 2.51. The number of aldehydes is 1. The van der Waals surface area contributed by atoms with Crippen molar-refractivity contribution in [3.63, 3.8) is 0 Å². The highest BCUT2D eigenvalue weighted by molar-refractivity contribution is 6.47. The van der Waals surface area contributed by atoms with Gasteiger partial charge in [0.25, 0.3) is 5.91 Å². The minimum atomic E-state index is -0.552. The van der Waals surface area contributed by atoms with Crippen molar-refractivity contribution in [3.8, 4) is 11.1 Å². The molecule has 2 aromatic carbocycles. The average molecular weight is 494 g/mol. The van der Waals surface area contributed by atoms with Crippen LogP contribution in [0.25, 0.3) is 11.1 Å². The molecule has 0 bridgehead atoms. The van der Waals surface area contributed by atoms with E-state index in [1.54, 1.807) is 12.4 Å². The van der Waals surface area contributed by atoms with E-state index in [1.807, 2.05) is 53.4 Å². The van der Waals surface area contributed by atoms with E-state index in [1.165, 1.54) is 0 Å². The van der Waals surface area contributed by atoms with Crippen LogP contribution in [0, 0.1) is 11.3 Å². The van der Waals surface area contributed by atoms with Crippen LogP contribution in [0.3, 0.4) is 0 Å². The molecule has 37 heavy (non-hydrogen) atoms. The molecule has 1 amide bonds. The van der Waals surface area contributed by atoms with Gasteiger partial charge in [0.2, 0.25) is 0 Å². The molecule has 2 heterocycles. The molecule has 190 valence electrons. The van der Waals surface area contributed by atoms with E-state index < -0.39 is 5.66 Å². The number of carbonyl (C=O) groups excluding carboxylic acids is 2. The maximum atomic E-state index is 14.2. The second-order valence-electron chi connectivity index (χ2n) is 11.5. The van der Waals surface area contributed by atoms with Crippen LogP contribution in [0.2, 0.25) is 0 Å². The summed E-state index contributed by atoms with van der Waals surface area (Å²) in [7, 11) is 0. The lowest BCUT2D eigenvalue weighted by Gasteiger charge is -2.46. The molecule has 1 aromatic heterocycles. The molecular weight excluding hydrogens is 458 g/mol. The molecule has 2 aliphatic rings. The summed E-state index contributed by atoms with van der Waals surface area (Å²) in [5.74, 6) is 0.583. The molecule has 0 N–H and O–H groups in total. The van der Waals surface area contributed by atoms with Crippen LogP contribution in [0.4, 0.5) is 0 Å². The number of aromatic nitrogens is 1. The Morgan fingerprint density at radius 2 is 1.59 bits per heavy atom. The van der Waals surface area contributed by atoms with Crippen molar-refractivity contribution >= 4 is 17.9 Å². The highest BCUT2D eigenvalue weighted by atomic mass is 16.2.